The number of aromatic nitrogens is 1. The van der Waals surface area contributed by atoms with Crippen LogP contribution in [0.2, 0.25) is 0 Å². The maximum atomic E-state index is 11.7. The molecule has 0 aliphatic rings. The second-order valence-corrected chi connectivity index (χ2v) is 6.03. The number of nitrogens with one attached hydrogen (secondary N) is 1. The van der Waals surface area contributed by atoms with Gasteiger partial charge in [-0.15, -0.1) is 0 Å². The lowest BCUT2D eigenvalue weighted by Crippen LogP contribution is -2.27. The van der Waals surface area contributed by atoms with Crippen molar-refractivity contribution in [1.29, 1.82) is 0 Å². The summed E-state index contributed by atoms with van der Waals surface area (Å²) in [7, 11) is 0. The van der Waals surface area contributed by atoms with Crippen LogP contribution in [0.1, 0.15) is 29.7 Å². The average Bonchev–Trinajstić information content (AvgIpc) is 2.61. The van der Waals surface area contributed by atoms with Crippen molar-refractivity contribution >= 4 is 22.5 Å². The summed E-state index contributed by atoms with van der Waals surface area (Å²) < 4.78 is 0. The van der Waals surface area contributed by atoms with E-state index in [1.807, 2.05) is 31.2 Å². The molecule has 2 N–H and O–H groups in total. The first kappa shape index (κ1) is 17.3. The number of phenolic OH excluding ortho intramolecular Hbond substituents is 1. The molecule has 0 saturated heterocycles. The van der Waals surface area contributed by atoms with Crippen molar-refractivity contribution in [2.75, 3.05) is 0 Å². The zero-order valence-electron chi connectivity index (χ0n) is 14.3. The fraction of sp³-hybridized carbons (Fsp3) is 0.158. The van der Waals surface area contributed by atoms with Gasteiger partial charge >= 0.3 is 0 Å². The van der Waals surface area contributed by atoms with Gasteiger partial charge < -0.3 is 10.4 Å². The third-order valence-electron chi connectivity index (χ3n) is 4.14. The monoisotopic (exact) mass is 351 g/mol. The molecule has 0 aliphatic carbocycles. The van der Waals surface area contributed by atoms with Crippen LogP contribution >= 0.6 is 0 Å². The van der Waals surface area contributed by atoms with Gasteiger partial charge in [-0.1, -0.05) is 29.8 Å². The first-order valence-corrected chi connectivity index (χ1v) is 7.97. The molecule has 3 rings (SSSR count). The molecule has 0 fully saturated rings. The van der Waals surface area contributed by atoms with E-state index in [0.717, 1.165) is 5.56 Å². The SMILES string of the molecule is CC(=O)N[C@H](c1ccc(C)cc1)c1cc([N+](=O)[O-])c2cccnc2c1O. The molecule has 2 aromatic carbocycles. The van der Waals surface area contributed by atoms with Crippen LogP contribution in [-0.4, -0.2) is 20.9 Å². The minimum atomic E-state index is -0.738. The largest absolute Gasteiger partial charge is 0.505 e. The maximum Gasteiger partial charge on any atom is 0.279 e. The molecule has 1 heterocycles. The van der Waals surface area contributed by atoms with Crippen molar-refractivity contribution in [2.24, 2.45) is 0 Å². The number of fused-ring (bicyclic) bond motifs is 1. The number of phenols is 1. The van der Waals surface area contributed by atoms with Crippen LogP contribution < -0.4 is 5.32 Å². The van der Waals surface area contributed by atoms with Crippen molar-refractivity contribution in [1.82, 2.24) is 10.3 Å². The molecule has 0 unspecified atom stereocenters. The molecule has 132 valence electrons. The molecule has 7 heteroatoms. The fourth-order valence-corrected chi connectivity index (χ4v) is 2.90. The van der Waals surface area contributed by atoms with E-state index in [-0.39, 0.29) is 33.8 Å². The summed E-state index contributed by atoms with van der Waals surface area (Å²) in [5, 5.41) is 25.2. The van der Waals surface area contributed by atoms with E-state index in [1.165, 1.54) is 25.3 Å². The molecule has 3 aromatic rings. The number of hydrogen-bond acceptors (Lipinski definition) is 5. The number of nitro benzene ring substituents is 1. The summed E-state index contributed by atoms with van der Waals surface area (Å²) in [6.07, 6.45) is 1.45. The Morgan fingerprint density at radius 2 is 1.96 bits per heavy atom. The van der Waals surface area contributed by atoms with Gasteiger partial charge in [0, 0.05) is 24.8 Å². The van der Waals surface area contributed by atoms with E-state index in [1.54, 1.807) is 6.07 Å². The first-order chi connectivity index (χ1) is 12.4. The number of nitro groups is 1. The molecule has 1 amide bonds. The van der Waals surface area contributed by atoms with E-state index < -0.39 is 11.0 Å². The van der Waals surface area contributed by atoms with Crippen molar-refractivity contribution in [3.8, 4) is 5.75 Å². The third-order valence-corrected chi connectivity index (χ3v) is 4.14. The van der Waals surface area contributed by atoms with Crippen LogP contribution in [0.25, 0.3) is 10.9 Å². The van der Waals surface area contributed by atoms with Gasteiger partial charge in [0.25, 0.3) is 5.69 Å². The Morgan fingerprint density at radius 3 is 2.58 bits per heavy atom. The van der Waals surface area contributed by atoms with E-state index in [9.17, 15) is 20.0 Å². The van der Waals surface area contributed by atoms with Crippen LogP contribution in [0.4, 0.5) is 5.69 Å². The quantitative estimate of drug-likeness (QED) is 0.554. The highest BCUT2D eigenvalue weighted by molar-refractivity contribution is 5.93. The van der Waals surface area contributed by atoms with Gasteiger partial charge in [-0.2, -0.15) is 0 Å². The molecule has 0 radical (unpaired) electrons. The summed E-state index contributed by atoms with van der Waals surface area (Å²) in [4.78, 5) is 26.8. The van der Waals surface area contributed by atoms with Gasteiger partial charge in [0.1, 0.15) is 11.3 Å². The summed E-state index contributed by atoms with van der Waals surface area (Å²) in [5.74, 6) is -0.510. The molecule has 1 atom stereocenters. The molecular formula is C19H17N3O4. The number of aryl methyl sites for hydroxylation is 1. The van der Waals surface area contributed by atoms with Crippen molar-refractivity contribution < 1.29 is 14.8 Å². The molecule has 0 bridgehead atoms. The van der Waals surface area contributed by atoms with Crippen molar-refractivity contribution in [2.45, 2.75) is 19.9 Å². The van der Waals surface area contributed by atoms with Gasteiger partial charge in [-0.25, -0.2) is 0 Å². The van der Waals surface area contributed by atoms with Crippen molar-refractivity contribution in [3.63, 3.8) is 0 Å². The van der Waals surface area contributed by atoms with E-state index in [2.05, 4.69) is 10.3 Å². The Balaban J connectivity index is 2.28. The highest BCUT2D eigenvalue weighted by Crippen LogP contribution is 2.39. The number of carbonyl (C=O) groups excluding carboxylic acids is 1. The summed E-state index contributed by atoms with van der Waals surface area (Å²) >= 11 is 0. The van der Waals surface area contributed by atoms with Gasteiger partial charge in [-0.3, -0.25) is 19.9 Å². The number of nitrogens with zero attached hydrogens (tertiary/aromatic N) is 2. The van der Waals surface area contributed by atoms with E-state index >= 15 is 0 Å². The van der Waals surface area contributed by atoms with Crippen LogP contribution in [0.15, 0.2) is 48.7 Å². The smallest absolute Gasteiger partial charge is 0.279 e. The molecule has 1 aromatic heterocycles. The van der Waals surface area contributed by atoms with E-state index in [0.29, 0.717) is 5.56 Å². The minimum Gasteiger partial charge on any atom is -0.505 e. The normalized spacial score (nSPS) is 11.9. The number of pyridine rings is 1. The zero-order valence-corrected chi connectivity index (χ0v) is 14.3. The fourth-order valence-electron chi connectivity index (χ4n) is 2.90. The van der Waals surface area contributed by atoms with Crippen LogP contribution in [-0.2, 0) is 4.79 Å². The number of hydrogen-bond donors (Lipinski definition) is 2. The summed E-state index contributed by atoms with van der Waals surface area (Å²) in [6, 6.07) is 11.0. The van der Waals surface area contributed by atoms with Crippen LogP contribution in [0.3, 0.4) is 0 Å². The number of amides is 1. The molecule has 0 spiro atoms. The van der Waals surface area contributed by atoms with E-state index in [4.69, 9.17) is 0 Å². The highest BCUT2D eigenvalue weighted by atomic mass is 16.6. The minimum absolute atomic E-state index is 0.124. The number of non-ortho nitro benzene ring substituents is 1. The number of benzene rings is 2. The summed E-state index contributed by atoms with van der Waals surface area (Å²) in [5.41, 5.74) is 1.90. The average molecular weight is 351 g/mol. The predicted octanol–water partition coefficient (Wildman–Crippen LogP) is 3.38. The lowest BCUT2D eigenvalue weighted by Gasteiger charge is -2.21. The highest BCUT2D eigenvalue weighted by Gasteiger charge is 2.26. The standard InChI is InChI=1S/C19H17N3O4/c1-11-5-7-13(8-6-11)17(21-12(2)23)15-10-16(22(25)26)14-4-3-9-20-18(14)19(15)24/h3-10,17,24H,1-2H3,(H,21,23)/t17-/m1/s1. The summed E-state index contributed by atoms with van der Waals surface area (Å²) in [6.45, 7) is 3.28. The Hall–Kier alpha value is -3.48. The number of rotatable bonds is 4. The molecular weight excluding hydrogens is 334 g/mol. The third kappa shape index (κ3) is 3.19. The second kappa shape index (κ2) is 6.79. The Bertz CT molecular complexity index is 1000. The van der Waals surface area contributed by atoms with Gasteiger partial charge in [0.2, 0.25) is 5.91 Å². The van der Waals surface area contributed by atoms with Crippen LogP contribution in [0, 0.1) is 17.0 Å². The first-order valence-electron chi connectivity index (χ1n) is 7.97. The Labute approximate surface area is 149 Å². The second-order valence-electron chi connectivity index (χ2n) is 6.03. The zero-order chi connectivity index (χ0) is 18.8. The molecule has 26 heavy (non-hydrogen) atoms. The molecule has 0 saturated carbocycles. The lowest BCUT2D eigenvalue weighted by molar-refractivity contribution is -0.383. The topological polar surface area (TPSA) is 105 Å². The predicted molar refractivity (Wildman–Crippen MR) is 96.9 cm³/mol. The Kier molecular flexibility index (Phi) is 4.53. The number of aromatic hydroxyl groups is 1. The lowest BCUT2D eigenvalue weighted by atomic mass is 9.94. The molecule has 7 nitrogen and oxygen atoms in total. The van der Waals surface area contributed by atoms with Crippen LogP contribution in [0.5, 0.6) is 5.75 Å². The number of carbonyl (C=O) groups is 1. The van der Waals surface area contributed by atoms with Gasteiger partial charge in [0.05, 0.1) is 16.4 Å². The van der Waals surface area contributed by atoms with Gasteiger partial charge in [0.15, 0.2) is 0 Å². The van der Waals surface area contributed by atoms with Crippen molar-refractivity contribution in [3.05, 3.63) is 75.5 Å². The Morgan fingerprint density at radius 1 is 1.27 bits per heavy atom. The van der Waals surface area contributed by atoms with Gasteiger partial charge in [-0.05, 0) is 24.6 Å². The molecule has 0 aliphatic heterocycles. The maximum absolute atomic E-state index is 11.7.